The van der Waals surface area contributed by atoms with E-state index >= 15 is 0 Å². The van der Waals surface area contributed by atoms with Crippen molar-refractivity contribution in [1.29, 1.82) is 0 Å². The molecule has 134 valence electrons. The van der Waals surface area contributed by atoms with Gasteiger partial charge in [0.2, 0.25) is 11.1 Å². The predicted molar refractivity (Wildman–Crippen MR) is 97.9 cm³/mol. The summed E-state index contributed by atoms with van der Waals surface area (Å²) in [5.74, 6) is -0.644. The second kappa shape index (κ2) is 6.40. The zero-order valence-corrected chi connectivity index (χ0v) is 14.4. The molecule has 0 aliphatic heterocycles. The fourth-order valence-electron chi connectivity index (χ4n) is 3.65. The molecule has 2 N–H and O–H groups in total. The summed E-state index contributed by atoms with van der Waals surface area (Å²) in [5, 5.41) is 12.2. The summed E-state index contributed by atoms with van der Waals surface area (Å²) in [5.41, 5.74) is 1.17. The maximum Gasteiger partial charge on any atom is 0.339 e. The number of aromatic carboxylic acids is 1. The molecule has 7 nitrogen and oxygen atoms in total. The highest BCUT2D eigenvalue weighted by atomic mass is 16.4. The molecule has 0 bridgehead atoms. The minimum atomic E-state index is -1.16. The Morgan fingerprint density at radius 1 is 1.23 bits per heavy atom. The van der Waals surface area contributed by atoms with Gasteiger partial charge in [-0.1, -0.05) is 19.3 Å². The van der Waals surface area contributed by atoms with Crippen LogP contribution in [0.5, 0.6) is 0 Å². The highest BCUT2D eigenvalue weighted by molar-refractivity contribution is 5.98. The minimum absolute atomic E-state index is 0.0740. The van der Waals surface area contributed by atoms with Gasteiger partial charge in [0.05, 0.1) is 5.39 Å². The van der Waals surface area contributed by atoms with E-state index in [1.807, 2.05) is 6.07 Å². The first-order valence-electron chi connectivity index (χ1n) is 8.78. The molecular formula is C19H19N3O4. The molecule has 0 aromatic carbocycles. The maximum absolute atomic E-state index is 12.9. The molecule has 0 unspecified atom stereocenters. The molecule has 1 fully saturated rings. The van der Waals surface area contributed by atoms with Crippen molar-refractivity contribution in [2.45, 2.75) is 38.0 Å². The van der Waals surface area contributed by atoms with Crippen LogP contribution in [0.4, 0.5) is 5.82 Å². The molecule has 0 amide bonds. The Hall–Kier alpha value is -2.96. The van der Waals surface area contributed by atoms with Crippen molar-refractivity contribution in [3.63, 3.8) is 0 Å². The summed E-state index contributed by atoms with van der Waals surface area (Å²) >= 11 is 0. The fraction of sp³-hybridized carbons (Fsp3) is 0.368. The number of hydrogen-bond acceptors (Lipinski definition) is 6. The molecule has 26 heavy (non-hydrogen) atoms. The van der Waals surface area contributed by atoms with Gasteiger partial charge in [0.15, 0.2) is 11.1 Å². The Morgan fingerprint density at radius 3 is 2.69 bits per heavy atom. The van der Waals surface area contributed by atoms with Gasteiger partial charge in [-0.25, -0.2) is 9.78 Å². The summed E-state index contributed by atoms with van der Waals surface area (Å²) in [4.78, 5) is 33.1. The van der Waals surface area contributed by atoms with Gasteiger partial charge >= 0.3 is 5.97 Å². The first-order chi connectivity index (χ1) is 12.6. The molecule has 3 heterocycles. The lowest BCUT2D eigenvalue weighted by Gasteiger charge is -2.21. The monoisotopic (exact) mass is 353 g/mol. The summed E-state index contributed by atoms with van der Waals surface area (Å²) in [6.07, 6.45) is 5.75. The Morgan fingerprint density at radius 2 is 2.00 bits per heavy atom. The molecular weight excluding hydrogens is 334 g/mol. The third-order valence-electron chi connectivity index (χ3n) is 5.02. The molecule has 0 spiro atoms. The summed E-state index contributed by atoms with van der Waals surface area (Å²) in [6, 6.07) is 4.98. The van der Waals surface area contributed by atoms with E-state index in [9.17, 15) is 14.7 Å². The number of hydrogen-bond donors (Lipinski definition) is 2. The Balaban J connectivity index is 1.93. The smallest absolute Gasteiger partial charge is 0.339 e. The highest BCUT2D eigenvalue weighted by Crippen LogP contribution is 2.32. The van der Waals surface area contributed by atoms with E-state index in [0.717, 1.165) is 18.5 Å². The summed E-state index contributed by atoms with van der Waals surface area (Å²) < 4.78 is 5.74. The Kier molecular flexibility index (Phi) is 4.06. The normalized spacial score (nSPS) is 15.4. The van der Waals surface area contributed by atoms with E-state index in [0.29, 0.717) is 11.5 Å². The number of carboxylic acids is 1. The average molecular weight is 353 g/mol. The quantitative estimate of drug-likeness (QED) is 0.694. The standard InChI is InChI=1S/C19H19N3O4/c1-20-17-12(19(24)25)9-11-16(23)15-14(26-18(11)22-17)8-7-13(21-15)10-5-3-2-4-6-10/h7-10H,2-6H2,1H3,(H,20,22)(H,24,25). The van der Waals surface area contributed by atoms with Crippen LogP contribution >= 0.6 is 0 Å². The van der Waals surface area contributed by atoms with Gasteiger partial charge in [0.25, 0.3) is 0 Å². The number of pyridine rings is 2. The topological polar surface area (TPSA) is 105 Å². The van der Waals surface area contributed by atoms with Crippen molar-refractivity contribution >= 4 is 34.0 Å². The third kappa shape index (κ3) is 2.69. The lowest BCUT2D eigenvalue weighted by molar-refractivity contribution is 0.0698. The summed E-state index contributed by atoms with van der Waals surface area (Å²) in [7, 11) is 1.57. The second-order valence-corrected chi connectivity index (χ2v) is 6.64. The zero-order valence-electron chi connectivity index (χ0n) is 14.4. The van der Waals surface area contributed by atoms with Gasteiger partial charge in [-0.15, -0.1) is 0 Å². The number of nitrogens with zero attached hydrogens (tertiary/aromatic N) is 2. The molecule has 3 aromatic rings. The van der Waals surface area contributed by atoms with Gasteiger partial charge in [-0.3, -0.25) is 4.79 Å². The van der Waals surface area contributed by atoms with Crippen molar-refractivity contribution in [2.24, 2.45) is 0 Å². The molecule has 7 heteroatoms. The van der Waals surface area contributed by atoms with E-state index in [2.05, 4.69) is 15.3 Å². The lowest BCUT2D eigenvalue weighted by atomic mass is 9.86. The van der Waals surface area contributed by atoms with Crippen LogP contribution in [0.1, 0.15) is 54.1 Å². The molecule has 1 aliphatic rings. The number of aromatic nitrogens is 2. The summed E-state index contributed by atoms with van der Waals surface area (Å²) in [6.45, 7) is 0. The molecule has 3 aromatic heterocycles. The van der Waals surface area contributed by atoms with Crippen LogP contribution in [-0.2, 0) is 0 Å². The van der Waals surface area contributed by atoms with E-state index in [1.54, 1.807) is 13.1 Å². The average Bonchev–Trinajstić information content (AvgIpc) is 2.67. The van der Waals surface area contributed by atoms with Crippen LogP contribution in [0.2, 0.25) is 0 Å². The number of rotatable bonds is 3. The second-order valence-electron chi connectivity index (χ2n) is 6.64. The van der Waals surface area contributed by atoms with Gasteiger partial charge < -0.3 is 14.8 Å². The van der Waals surface area contributed by atoms with Gasteiger partial charge in [-0.2, -0.15) is 4.98 Å². The minimum Gasteiger partial charge on any atom is -0.478 e. The zero-order chi connectivity index (χ0) is 18.3. The molecule has 0 radical (unpaired) electrons. The molecule has 4 rings (SSSR count). The van der Waals surface area contributed by atoms with Crippen molar-refractivity contribution in [2.75, 3.05) is 12.4 Å². The van der Waals surface area contributed by atoms with Gasteiger partial charge in [-0.05, 0) is 31.0 Å². The van der Waals surface area contributed by atoms with Crippen LogP contribution in [0.25, 0.3) is 22.2 Å². The predicted octanol–water partition coefficient (Wildman–Crippen LogP) is 3.52. The third-order valence-corrected chi connectivity index (χ3v) is 5.02. The molecule has 0 atom stereocenters. The lowest BCUT2D eigenvalue weighted by Crippen LogP contribution is -2.12. The van der Waals surface area contributed by atoms with Crippen molar-refractivity contribution in [3.8, 4) is 0 Å². The SMILES string of the molecule is CNc1nc2oc3ccc(C4CCCCC4)nc3c(=O)c2cc1C(=O)O. The fourth-order valence-corrected chi connectivity index (χ4v) is 3.65. The first kappa shape index (κ1) is 16.5. The van der Waals surface area contributed by atoms with E-state index in [4.69, 9.17) is 4.42 Å². The van der Waals surface area contributed by atoms with E-state index in [-0.39, 0.29) is 33.4 Å². The molecule has 1 aliphatic carbocycles. The number of nitrogens with one attached hydrogen (secondary N) is 1. The molecule has 1 saturated carbocycles. The maximum atomic E-state index is 12.9. The van der Waals surface area contributed by atoms with Gasteiger partial charge in [0.1, 0.15) is 11.4 Å². The molecule has 0 saturated heterocycles. The highest BCUT2D eigenvalue weighted by Gasteiger charge is 2.20. The van der Waals surface area contributed by atoms with Crippen molar-refractivity contribution in [1.82, 2.24) is 9.97 Å². The van der Waals surface area contributed by atoms with Crippen molar-refractivity contribution < 1.29 is 14.3 Å². The van der Waals surface area contributed by atoms with Crippen LogP contribution < -0.4 is 10.7 Å². The van der Waals surface area contributed by atoms with Crippen LogP contribution in [0.15, 0.2) is 27.4 Å². The number of carboxylic acid groups (broad SMARTS) is 1. The largest absolute Gasteiger partial charge is 0.478 e. The Bertz CT molecular complexity index is 1070. The first-order valence-corrected chi connectivity index (χ1v) is 8.78. The number of carbonyl (C=O) groups is 1. The van der Waals surface area contributed by atoms with Crippen molar-refractivity contribution in [3.05, 3.63) is 39.7 Å². The van der Waals surface area contributed by atoms with Gasteiger partial charge in [0, 0.05) is 18.7 Å². The number of anilines is 1. The van der Waals surface area contributed by atoms with Crippen LogP contribution in [0.3, 0.4) is 0 Å². The Labute approximate surface area is 149 Å². The van der Waals surface area contributed by atoms with E-state index in [1.165, 1.54) is 25.3 Å². The van der Waals surface area contributed by atoms with Crippen LogP contribution in [0, 0.1) is 0 Å². The van der Waals surface area contributed by atoms with E-state index < -0.39 is 5.97 Å². The number of fused-ring (bicyclic) bond motifs is 2. The van der Waals surface area contributed by atoms with Crippen LogP contribution in [-0.4, -0.2) is 28.1 Å².